The van der Waals surface area contributed by atoms with Gasteiger partial charge in [0.05, 0.1) is 31.3 Å². The van der Waals surface area contributed by atoms with Crippen LogP contribution < -0.4 is 14.2 Å². The van der Waals surface area contributed by atoms with Crippen LogP contribution in [0.25, 0.3) is 11.0 Å². The number of nitrogens with zero attached hydrogens (tertiary/aromatic N) is 4. The topological polar surface area (TPSA) is 113 Å². The van der Waals surface area contributed by atoms with Gasteiger partial charge in [0.25, 0.3) is 11.8 Å². The molecular formula is C33H32F2N4O6. The van der Waals surface area contributed by atoms with E-state index in [9.17, 15) is 14.0 Å². The van der Waals surface area contributed by atoms with Gasteiger partial charge in [-0.25, -0.2) is 18.7 Å². The van der Waals surface area contributed by atoms with Gasteiger partial charge in [-0.1, -0.05) is 12.1 Å². The SMILES string of the molecule is COc1nc2c(Oc3ncc(CC(=O)C4(C(=O)Cc5ccc(F)cc5)CC4)cc3F)ccnc2cc1OCCN1CCOCC1. The molecule has 10 nitrogen and oxygen atoms in total. The van der Waals surface area contributed by atoms with Gasteiger partial charge in [0, 0.05) is 57.0 Å². The molecule has 0 radical (unpaired) electrons. The van der Waals surface area contributed by atoms with Gasteiger partial charge in [0.2, 0.25) is 0 Å². The van der Waals surface area contributed by atoms with E-state index >= 15 is 4.39 Å². The Labute approximate surface area is 258 Å². The number of fused-ring (bicyclic) bond motifs is 1. The van der Waals surface area contributed by atoms with Crippen LogP contribution >= 0.6 is 0 Å². The zero-order valence-corrected chi connectivity index (χ0v) is 24.8. The number of morpholine rings is 1. The molecule has 1 aliphatic heterocycles. The number of pyridine rings is 3. The van der Waals surface area contributed by atoms with Crippen LogP contribution in [0.4, 0.5) is 8.78 Å². The molecule has 0 atom stereocenters. The fourth-order valence-corrected chi connectivity index (χ4v) is 5.34. The highest BCUT2D eigenvalue weighted by molar-refractivity contribution is 6.10. The molecule has 0 amide bonds. The summed E-state index contributed by atoms with van der Waals surface area (Å²) in [5.74, 6) is -1.13. The minimum Gasteiger partial charge on any atom is -0.487 e. The van der Waals surface area contributed by atoms with E-state index < -0.39 is 17.0 Å². The summed E-state index contributed by atoms with van der Waals surface area (Å²) in [4.78, 5) is 41.3. The molecule has 4 heterocycles. The number of halogens is 2. The Bertz CT molecular complexity index is 1710. The molecule has 4 aromatic rings. The van der Waals surface area contributed by atoms with Gasteiger partial charge in [-0.2, -0.15) is 0 Å². The van der Waals surface area contributed by atoms with E-state index in [-0.39, 0.29) is 41.9 Å². The molecule has 2 aliphatic rings. The van der Waals surface area contributed by atoms with Crippen LogP contribution in [0.15, 0.2) is 54.9 Å². The third kappa shape index (κ3) is 6.91. The summed E-state index contributed by atoms with van der Waals surface area (Å²) >= 11 is 0. The maximum Gasteiger partial charge on any atom is 0.257 e. The van der Waals surface area contributed by atoms with E-state index in [1.54, 1.807) is 6.07 Å². The van der Waals surface area contributed by atoms with Gasteiger partial charge in [-0.15, -0.1) is 0 Å². The number of hydrogen-bond acceptors (Lipinski definition) is 10. The van der Waals surface area contributed by atoms with E-state index in [1.165, 1.54) is 55.9 Å². The molecule has 0 unspecified atom stereocenters. The highest BCUT2D eigenvalue weighted by Gasteiger charge is 2.54. The smallest absolute Gasteiger partial charge is 0.257 e. The molecule has 1 aliphatic carbocycles. The average molecular weight is 619 g/mol. The van der Waals surface area contributed by atoms with Crippen molar-refractivity contribution in [2.45, 2.75) is 25.7 Å². The second-order valence-corrected chi connectivity index (χ2v) is 11.1. The average Bonchev–Trinajstić information content (AvgIpc) is 3.86. The third-order valence-corrected chi connectivity index (χ3v) is 8.10. The van der Waals surface area contributed by atoms with Gasteiger partial charge in [-0.3, -0.25) is 19.5 Å². The normalized spacial score (nSPS) is 15.9. The Morgan fingerprint density at radius 2 is 1.67 bits per heavy atom. The molecule has 1 saturated heterocycles. The van der Waals surface area contributed by atoms with Crippen molar-refractivity contribution in [2.24, 2.45) is 5.41 Å². The first kappa shape index (κ1) is 30.5. The first-order valence-corrected chi connectivity index (χ1v) is 14.7. The predicted molar refractivity (Wildman–Crippen MR) is 159 cm³/mol. The third-order valence-electron chi connectivity index (χ3n) is 8.10. The minimum absolute atomic E-state index is 0.0339. The van der Waals surface area contributed by atoms with Crippen molar-refractivity contribution in [3.63, 3.8) is 0 Å². The summed E-state index contributed by atoms with van der Waals surface area (Å²) in [7, 11) is 1.48. The predicted octanol–water partition coefficient (Wildman–Crippen LogP) is 4.52. The number of Topliss-reactive ketones (excluding diaryl/α,β-unsaturated/α-hetero) is 2. The van der Waals surface area contributed by atoms with Gasteiger partial charge in [-0.05, 0) is 42.2 Å². The van der Waals surface area contributed by atoms with Crippen LogP contribution in [0, 0.1) is 17.0 Å². The first-order valence-electron chi connectivity index (χ1n) is 14.7. The van der Waals surface area contributed by atoms with E-state index in [1.807, 2.05) is 0 Å². The Kier molecular flexibility index (Phi) is 8.95. The highest BCUT2D eigenvalue weighted by atomic mass is 19.1. The van der Waals surface area contributed by atoms with E-state index in [2.05, 4.69) is 19.9 Å². The Morgan fingerprint density at radius 1 is 0.933 bits per heavy atom. The Hall–Kier alpha value is -4.55. The van der Waals surface area contributed by atoms with E-state index in [0.717, 1.165) is 19.6 Å². The Balaban J connectivity index is 1.12. The molecule has 0 N–H and O–H groups in total. The van der Waals surface area contributed by atoms with Crippen molar-refractivity contribution in [3.05, 3.63) is 77.6 Å². The number of carbonyl (C=O) groups excluding carboxylic acids is 2. The van der Waals surface area contributed by atoms with Gasteiger partial charge in [0.1, 0.15) is 17.9 Å². The summed E-state index contributed by atoms with van der Waals surface area (Å²) in [6.07, 6.45) is 3.63. The monoisotopic (exact) mass is 618 g/mol. The molecular weight excluding hydrogens is 586 g/mol. The van der Waals surface area contributed by atoms with Gasteiger partial charge < -0.3 is 18.9 Å². The minimum atomic E-state index is -1.09. The highest BCUT2D eigenvalue weighted by Crippen LogP contribution is 2.49. The van der Waals surface area contributed by atoms with Crippen LogP contribution in [-0.4, -0.2) is 78.0 Å². The van der Waals surface area contributed by atoms with Crippen molar-refractivity contribution < 1.29 is 37.3 Å². The second kappa shape index (κ2) is 13.2. The van der Waals surface area contributed by atoms with Crippen molar-refractivity contribution >= 4 is 22.6 Å². The molecule has 6 rings (SSSR count). The van der Waals surface area contributed by atoms with Crippen LogP contribution in [0.1, 0.15) is 24.0 Å². The van der Waals surface area contributed by atoms with Crippen molar-refractivity contribution in [1.82, 2.24) is 19.9 Å². The summed E-state index contributed by atoms with van der Waals surface area (Å²) in [5.41, 5.74) is 0.649. The van der Waals surface area contributed by atoms with Crippen molar-refractivity contribution in [2.75, 3.05) is 46.6 Å². The summed E-state index contributed by atoms with van der Waals surface area (Å²) < 4.78 is 51.0. The maximum atomic E-state index is 15.2. The zero-order valence-electron chi connectivity index (χ0n) is 24.8. The maximum absolute atomic E-state index is 15.2. The first-order chi connectivity index (χ1) is 21.8. The van der Waals surface area contributed by atoms with Crippen molar-refractivity contribution in [3.8, 4) is 23.3 Å². The molecule has 45 heavy (non-hydrogen) atoms. The van der Waals surface area contributed by atoms with Crippen LogP contribution in [-0.2, 0) is 27.2 Å². The second-order valence-electron chi connectivity index (χ2n) is 11.1. The fourth-order valence-electron chi connectivity index (χ4n) is 5.34. The zero-order chi connectivity index (χ0) is 31.4. The number of benzene rings is 1. The van der Waals surface area contributed by atoms with Crippen LogP contribution in [0.2, 0.25) is 0 Å². The molecule has 234 valence electrons. The molecule has 0 bridgehead atoms. The van der Waals surface area contributed by atoms with Crippen molar-refractivity contribution in [1.29, 1.82) is 0 Å². The van der Waals surface area contributed by atoms with Crippen LogP contribution in [0.5, 0.6) is 23.3 Å². The molecule has 12 heteroatoms. The largest absolute Gasteiger partial charge is 0.487 e. The fraction of sp³-hybridized carbons (Fsp3) is 0.364. The summed E-state index contributed by atoms with van der Waals surface area (Å²) in [6.45, 7) is 4.24. The summed E-state index contributed by atoms with van der Waals surface area (Å²) in [5, 5.41) is 0. The number of aromatic nitrogens is 3. The lowest BCUT2D eigenvalue weighted by Gasteiger charge is -2.26. The number of rotatable bonds is 13. The molecule has 0 spiro atoms. The molecule has 1 aromatic carbocycles. The number of ether oxygens (including phenoxy) is 4. The van der Waals surface area contributed by atoms with Gasteiger partial charge >= 0.3 is 0 Å². The lowest BCUT2D eigenvalue weighted by atomic mass is 9.88. The van der Waals surface area contributed by atoms with Crippen LogP contribution in [0.3, 0.4) is 0 Å². The number of hydrogen-bond donors (Lipinski definition) is 0. The van der Waals surface area contributed by atoms with Gasteiger partial charge in [0.15, 0.2) is 28.9 Å². The number of carbonyl (C=O) groups is 2. The van der Waals surface area contributed by atoms with E-state index in [4.69, 9.17) is 18.9 Å². The summed E-state index contributed by atoms with van der Waals surface area (Å²) in [6, 6.07) is 10.0. The number of methoxy groups -OCH3 is 1. The lowest BCUT2D eigenvalue weighted by Crippen LogP contribution is -2.38. The quantitative estimate of drug-likeness (QED) is 0.198. The number of ketones is 2. The molecule has 3 aromatic heterocycles. The molecule has 1 saturated carbocycles. The molecule has 2 fully saturated rings. The van der Waals surface area contributed by atoms with E-state index in [0.29, 0.717) is 60.6 Å². The standard InChI is InChI=1S/C33H32F2N4O6/c1-42-32-27(44-15-12-39-10-13-43-14-11-39)19-25-30(38-32)26(6-9-36-25)45-31-24(35)16-22(20-37-31)18-29(41)33(7-8-33)28(40)17-21-2-4-23(34)5-3-21/h2-6,9,16,19-20H,7-8,10-15,17-18H2,1H3. The Morgan fingerprint density at radius 3 is 2.36 bits per heavy atom. The lowest BCUT2D eigenvalue weighted by molar-refractivity contribution is -0.133.